The molecule has 0 aliphatic carbocycles. The maximum Gasteiger partial charge on any atom is 2.00 e. The van der Waals surface area contributed by atoms with Crippen molar-refractivity contribution in [2.45, 2.75) is 22.1 Å². The molecule has 0 heterocycles. The van der Waals surface area contributed by atoms with Gasteiger partial charge in [-0.15, -0.1) is 0 Å². The van der Waals surface area contributed by atoms with Gasteiger partial charge in [0.05, 0.1) is 11.1 Å². The first kappa shape index (κ1) is 22.0. The maximum atomic E-state index is 11.9. The minimum absolute atomic E-state index is 0. The van der Waals surface area contributed by atoms with Crippen LogP contribution in [0.2, 0.25) is 0 Å². The third-order valence-corrected chi connectivity index (χ3v) is 2.83. The zero-order valence-electron chi connectivity index (χ0n) is 11.1. The molecule has 0 aliphatic rings. The summed E-state index contributed by atoms with van der Waals surface area (Å²) >= 11 is 9.14. The van der Waals surface area contributed by atoms with Crippen LogP contribution in [0.5, 0.6) is 0 Å². The average Bonchev–Trinajstić information content (AvgIpc) is 2.37. The number of halogens is 6. The summed E-state index contributed by atoms with van der Waals surface area (Å²) in [6.45, 7) is 0. The molecule has 23 heavy (non-hydrogen) atoms. The summed E-state index contributed by atoms with van der Waals surface area (Å²) in [7, 11) is 0. The van der Waals surface area contributed by atoms with E-state index in [1.165, 1.54) is 24.3 Å². The van der Waals surface area contributed by atoms with Crippen LogP contribution in [0, 0.1) is 0 Å². The van der Waals surface area contributed by atoms with Crippen molar-refractivity contribution in [3.8, 4) is 0 Å². The van der Waals surface area contributed by atoms with Crippen LogP contribution in [-0.2, 0) is 55.0 Å². The van der Waals surface area contributed by atoms with E-state index in [-0.39, 0.29) is 27.2 Å². The van der Waals surface area contributed by atoms with Crippen LogP contribution in [0.15, 0.2) is 58.3 Å². The molecule has 0 fully saturated rings. The van der Waals surface area contributed by atoms with Gasteiger partial charge in [0.15, 0.2) is 0 Å². The third-order valence-electron chi connectivity index (χ3n) is 2.32. The minimum atomic E-state index is -4.28. The molecule has 0 radical (unpaired) electrons. The number of hydrogen-bond donors (Lipinski definition) is 0. The Morgan fingerprint density at radius 2 is 0.913 bits per heavy atom. The van der Waals surface area contributed by atoms with Crippen LogP contribution in [-0.4, -0.2) is 0 Å². The molecule has 124 valence electrons. The van der Waals surface area contributed by atoms with Crippen LogP contribution in [0.1, 0.15) is 11.1 Å². The number of alkyl halides is 6. The fourth-order valence-electron chi connectivity index (χ4n) is 1.34. The monoisotopic (exact) mass is 406 g/mol. The van der Waals surface area contributed by atoms with Gasteiger partial charge in [0, 0.05) is 0 Å². The van der Waals surface area contributed by atoms with Gasteiger partial charge in [-0.2, -0.15) is 36.1 Å². The summed E-state index contributed by atoms with van der Waals surface area (Å²) in [6.07, 6.45) is -8.57. The Hall–Kier alpha value is -1.01. The van der Waals surface area contributed by atoms with Crippen molar-refractivity contribution in [3.63, 3.8) is 0 Å². The Labute approximate surface area is 150 Å². The number of benzene rings is 2. The van der Waals surface area contributed by atoms with E-state index < -0.39 is 23.5 Å². The summed E-state index contributed by atoms with van der Waals surface area (Å²) in [4.78, 5) is 0.416. The van der Waals surface area contributed by atoms with Crippen molar-refractivity contribution < 1.29 is 43.7 Å². The normalized spacial score (nSPS) is 11.0. The van der Waals surface area contributed by atoms with Gasteiger partial charge in [-0.1, -0.05) is 48.5 Å². The molecule has 0 aliphatic heterocycles. The molecule has 0 spiro atoms. The Kier molecular flexibility index (Phi) is 8.35. The SMILES string of the molecule is FC(F)(F)c1cccc([S-])c1.FC(F)(F)c1cccc([S-])c1.[Cr+2]. The molecule has 2 rings (SSSR count). The molecule has 0 aromatic heterocycles. The second-order valence-corrected chi connectivity index (χ2v) is 4.99. The standard InChI is InChI=1S/2C7H5F3S.Cr/c2*8-7(9,10)5-2-1-3-6(11)4-5;/h2*1-4,11H;/q;;+2/p-2. The summed E-state index contributed by atoms with van der Waals surface area (Å²) in [5.41, 5.74) is -1.38. The molecule has 0 saturated carbocycles. The van der Waals surface area contributed by atoms with Crippen LogP contribution >= 0.6 is 0 Å². The van der Waals surface area contributed by atoms with Crippen molar-refractivity contribution in [2.75, 3.05) is 0 Å². The molecule has 0 atom stereocenters. The first-order chi connectivity index (χ1) is 10.00. The molecule has 0 unspecified atom stereocenters. The van der Waals surface area contributed by atoms with Crippen molar-refractivity contribution in [3.05, 3.63) is 59.7 Å². The predicted octanol–water partition coefficient (Wildman–Crippen LogP) is 5.22. The Bertz CT molecular complexity index is 570. The third kappa shape index (κ3) is 7.88. The van der Waals surface area contributed by atoms with Crippen LogP contribution < -0.4 is 0 Å². The van der Waals surface area contributed by atoms with Gasteiger partial charge in [-0.05, 0) is 0 Å². The molecule has 9 heteroatoms. The van der Waals surface area contributed by atoms with Gasteiger partial charge >= 0.3 is 29.7 Å². The summed E-state index contributed by atoms with van der Waals surface area (Å²) in [5, 5.41) is 0. The Balaban J connectivity index is 0.000000403. The molecule has 2 aromatic rings. The number of hydrogen-bond acceptors (Lipinski definition) is 2. The van der Waals surface area contributed by atoms with Gasteiger partial charge < -0.3 is 25.3 Å². The second kappa shape index (κ2) is 8.74. The molecule has 0 N–H and O–H groups in total. The first-order valence-corrected chi connectivity index (χ1v) is 6.50. The van der Waals surface area contributed by atoms with Crippen molar-refractivity contribution in [2.24, 2.45) is 0 Å². The van der Waals surface area contributed by atoms with E-state index in [0.717, 1.165) is 24.3 Å². The molecular formula is C14H8CrF6S2. The fraction of sp³-hybridized carbons (Fsp3) is 0.143. The Morgan fingerprint density at radius 1 is 0.609 bits per heavy atom. The van der Waals surface area contributed by atoms with Gasteiger partial charge in [0.2, 0.25) is 0 Å². The van der Waals surface area contributed by atoms with Crippen molar-refractivity contribution in [1.29, 1.82) is 0 Å². The molecule has 0 amide bonds. The molecule has 2 aromatic carbocycles. The second-order valence-electron chi connectivity index (χ2n) is 4.05. The molecular weight excluding hydrogens is 398 g/mol. The first-order valence-electron chi connectivity index (χ1n) is 5.68. The fourth-order valence-corrected chi connectivity index (χ4v) is 1.76. The largest absolute Gasteiger partial charge is 2.00 e. The topological polar surface area (TPSA) is 0 Å². The van der Waals surface area contributed by atoms with E-state index in [2.05, 4.69) is 25.3 Å². The van der Waals surface area contributed by atoms with Crippen molar-refractivity contribution >= 4 is 25.3 Å². The maximum absolute atomic E-state index is 11.9. The van der Waals surface area contributed by atoms with Crippen molar-refractivity contribution in [1.82, 2.24) is 0 Å². The quantitative estimate of drug-likeness (QED) is 0.435. The predicted molar refractivity (Wildman–Crippen MR) is 74.2 cm³/mol. The van der Waals surface area contributed by atoms with E-state index in [9.17, 15) is 26.3 Å². The van der Waals surface area contributed by atoms with Gasteiger partial charge in [0.25, 0.3) is 0 Å². The van der Waals surface area contributed by atoms with E-state index >= 15 is 0 Å². The van der Waals surface area contributed by atoms with E-state index in [1.54, 1.807) is 0 Å². The van der Waals surface area contributed by atoms with Gasteiger partial charge in [-0.25, -0.2) is 0 Å². The molecule has 0 bridgehead atoms. The van der Waals surface area contributed by atoms with E-state index in [0.29, 0.717) is 0 Å². The summed E-state index contributed by atoms with van der Waals surface area (Å²) in [5.74, 6) is 0. The average molecular weight is 406 g/mol. The van der Waals surface area contributed by atoms with E-state index in [1.807, 2.05) is 0 Å². The van der Waals surface area contributed by atoms with Gasteiger partial charge in [0.1, 0.15) is 0 Å². The Morgan fingerprint density at radius 3 is 1.09 bits per heavy atom. The van der Waals surface area contributed by atoms with Crippen LogP contribution in [0.3, 0.4) is 0 Å². The van der Waals surface area contributed by atoms with Gasteiger partial charge in [-0.3, -0.25) is 0 Å². The number of rotatable bonds is 0. The smallest absolute Gasteiger partial charge is 0.780 e. The zero-order chi connectivity index (χ0) is 17.0. The summed E-state index contributed by atoms with van der Waals surface area (Å²) < 4.78 is 71.5. The molecule has 0 nitrogen and oxygen atoms in total. The summed E-state index contributed by atoms with van der Waals surface area (Å²) in [6, 6.07) is 9.36. The molecule has 0 saturated heterocycles. The van der Waals surface area contributed by atoms with E-state index in [4.69, 9.17) is 0 Å². The zero-order valence-corrected chi connectivity index (χ0v) is 14.0. The van der Waals surface area contributed by atoms with Crippen LogP contribution in [0.25, 0.3) is 0 Å². The minimum Gasteiger partial charge on any atom is -0.780 e. The van der Waals surface area contributed by atoms with Crippen LogP contribution in [0.4, 0.5) is 26.3 Å².